The molecule has 0 amide bonds. The maximum atomic E-state index is 8.86. The van der Waals surface area contributed by atoms with Crippen LogP contribution in [0.15, 0.2) is 189 Å². The summed E-state index contributed by atoms with van der Waals surface area (Å²) >= 11 is 0. The van der Waals surface area contributed by atoms with Crippen molar-refractivity contribution in [2.45, 2.75) is 19.8 Å². The van der Waals surface area contributed by atoms with Gasteiger partial charge in [-0.15, -0.1) is 0 Å². The molecule has 59 heavy (non-hydrogen) atoms. The molecule has 0 saturated carbocycles. The van der Waals surface area contributed by atoms with Crippen LogP contribution >= 0.6 is 0 Å². The molecule has 0 aliphatic carbocycles. The monoisotopic (exact) mass is 759 g/mol. The van der Waals surface area contributed by atoms with Gasteiger partial charge in [0.2, 0.25) is 0 Å². The number of nitrogens with zero attached hydrogens (tertiary/aromatic N) is 3. The van der Waals surface area contributed by atoms with E-state index in [9.17, 15) is 0 Å². The number of pyridine rings is 2. The van der Waals surface area contributed by atoms with Crippen LogP contribution < -0.4 is 0 Å². The topological polar surface area (TPSA) is 70.3 Å². The number of fused-ring (bicyclic) bond motifs is 6. The summed E-state index contributed by atoms with van der Waals surface area (Å²) in [6, 6.07) is 55.2. The van der Waals surface area contributed by atoms with Crippen LogP contribution in [-0.4, -0.2) is 25.2 Å². The van der Waals surface area contributed by atoms with Gasteiger partial charge in [0.1, 0.15) is 5.82 Å². The quantitative estimate of drug-likeness (QED) is 0.108. The highest BCUT2D eigenvalue weighted by Gasteiger charge is 2.19. The highest BCUT2D eigenvalue weighted by atomic mass is 15.1. The van der Waals surface area contributed by atoms with Crippen LogP contribution in [0.2, 0.25) is 0 Å². The molecule has 0 saturated heterocycles. The Morgan fingerprint density at radius 2 is 1.39 bits per heavy atom. The molecule has 0 bridgehead atoms. The van der Waals surface area contributed by atoms with Crippen molar-refractivity contribution in [3.05, 3.63) is 206 Å². The zero-order valence-electron chi connectivity index (χ0n) is 32.8. The summed E-state index contributed by atoms with van der Waals surface area (Å²) in [4.78, 5) is 13.4. The van der Waals surface area contributed by atoms with Crippen molar-refractivity contribution in [1.82, 2.24) is 19.5 Å². The number of nitrogens with one attached hydrogen (secondary N) is 2. The Morgan fingerprint density at radius 3 is 2.17 bits per heavy atom. The number of hydrogen-bond acceptors (Lipinski definition) is 3. The first-order valence-corrected chi connectivity index (χ1v) is 20.1. The smallest absolute Gasteiger partial charge is 0.137 e. The SMILES string of the molecule is C=C(/C=C\C(=N)c1ccc2[nH]c3cc(-c4cc5c(cc4CCC)c4cc(-c6ccc(-c7ccccc7)cn6)ccc4n5-c4ccccn4)ccc3c2c1)c1ccccc1. The van der Waals surface area contributed by atoms with Gasteiger partial charge in [0.05, 0.1) is 22.4 Å². The minimum Gasteiger partial charge on any atom is -0.354 e. The van der Waals surface area contributed by atoms with Crippen molar-refractivity contribution in [1.29, 1.82) is 5.41 Å². The molecule has 0 fully saturated rings. The summed E-state index contributed by atoms with van der Waals surface area (Å²) in [6.45, 7) is 6.45. The van der Waals surface area contributed by atoms with Crippen LogP contribution in [0.3, 0.4) is 0 Å². The molecule has 6 aromatic carbocycles. The van der Waals surface area contributed by atoms with Crippen molar-refractivity contribution in [3.63, 3.8) is 0 Å². The van der Waals surface area contributed by atoms with Gasteiger partial charge < -0.3 is 10.4 Å². The van der Waals surface area contributed by atoms with Crippen molar-refractivity contribution < 1.29 is 0 Å². The number of H-pyrrole nitrogens is 1. The Bertz CT molecular complexity index is 3230. The largest absolute Gasteiger partial charge is 0.354 e. The standard InChI is InChI=1S/C54H41N5/c1-3-12-38-29-47-46-31-41(49-25-21-42(34-57-49)37-15-8-5-9-16-37)22-27-52(46)59(54-17-10-11-28-56-54)53(47)33-44(38)39-19-23-43-45-30-40(20-26-50(45)58-51(43)32-39)48(55)24-18-35(2)36-13-6-4-7-14-36/h4-11,13-34,55,58H,2-3,12H2,1H3/b24-18-,55-48?. The fourth-order valence-electron chi connectivity index (χ4n) is 8.38. The van der Waals surface area contributed by atoms with Gasteiger partial charge in [-0.2, -0.15) is 0 Å². The summed E-state index contributed by atoms with van der Waals surface area (Å²) in [5, 5.41) is 13.5. The van der Waals surface area contributed by atoms with E-state index in [1.54, 1.807) is 0 Å². The second-order valence-corrected chi connectivity index (χ2v) is 15.1. The number of rotatable bonds is 10. The number of aryl methyl sites for hydroxylation is 1. The van der Waals surface area contributed by atoms with Crippen molar-refractivity contribution in [2.75, 3.05) is 0 Å². The summed E-state index contributed by atoms with van der Waals surface area (Å²) in [5.41, 5.74) is 15.5. The predicted molar refractivity (Wildman–Crippen MR) is 247 cm³/mol. The summed E-state index contributed by atoms with van der Waals surface area (Å²) in [6.07, 6.45) is 9.55. The zero-order chi connectivity index (χ0) is 39.9. The Labute approximate surface area is 343 Å². The summed E-state index contributed by atoms with van der Waals surface area (Å²) in [7, 11) is 0. The second-order valence-electron chi connectivity index (χ2n) is 15.1. The summed E-state index contributed by atoms with van der Waals surface area (Å²) in [5.74, 6) is 0.881. The van der Waals surface area contributed by atoms with E-state index >= 15 is 0 Å². The third-order valence-electron chi connectivity index (χ3n) is 11.4. The van der Waals surface area contributed by atoms with Crippen molar-refractivity contribution >= 4 is 54.9 Å². The van der Waals surface area contributed by atoms with Crippen LogP contribution in [0.4, 0.5) is 0 Å². The van der Waals surface area contributed by atoms with E-state index in [2.05, 4.69) is 126 Å². The average molecular weight is 760 g/mol. The maximum absolute atomic E-state index is 8.86. The lowest BCUT2D eigenvalue weighted by atomic mass is 9.93. The predicted octanol–water partition coefficient (Wildman–Crippen LogP) is 13.8. The first-order valence-electron chi connectivity index (χ1n) is 20.1. The molecule has 0 atom stereocenters. The van der Waals surface area contributed by atoms with Crippen molar-refractivity contribution in [3.8, 4) is 39.3 Å². The number of benzene rings is 6. The van der Waals surface area contributed by atoms with Crippen LogP contribution in [0, 0.1) is 5.41 Å². The third-order valence-corrected chi connectivity index (χ3v) is 11.4. The normalized spacial score (nSPS) is 11.7. The van der Waals surface area contributed by atoms with Crippen LogP contribution in [0.5, 0.6) is 0 Å². The Morgan fingerprint density at radius 1 is 0.610 bits per heavy atom. The fraction of sp³-hybridized carbons (Fsp3) is 0.0556. The van der Waals surface area contributed by atoms with Gasteiger partial charge in [0.25, 0.3) is 0 Å². The van der Waals surface area contributed by atoms with E-state index in [0.29, 0.717) is 5.71 Å². The van der Waals surface area contributed by atoms with Crippen LogP contribution in [0.1, 0.15) is 30.0 Å². The first-order chi connectivity index (χ1) is 29.0. The number of aromatic amines is 1. The molecule has 0 unspecified atom stereocenters. The number of aromatic nitrogens is 4. The van der Waals surface area contributed by atoms with Gasteiger partial charge in [-0.05, 0) is 107 Å². The van der Waals surface area contributed by atoms with Crippen molar-refractivity contribution in [2.24, 2.45) is 0 Å². The zero-order valence-corrected chi connectivity index (χ0v) is 32.8. The van der Waals surface area contributed by atoms with E-state index in [4.69, 9.17) is 15.4 Å². The van der Waals surface area contributed by atoms with Gasteiger partial charge in [-0.25, -0.2) is 4.98 Å². The lowest BCUT2D eigenvalue weighted by Gasteiger charge is -2.12. The molecule has 4 aromatic heterocycles. The molecule has 10 rings (SSSR count). The van der Waals surface area contributed by atoms with Gasteiger partial charge in [0, 0.05) is 61.7 Å². The molecule has 5 nitrogen and oxygen atoms in total. The lowest BCUT2D eigenvalue weighted by molar-refractivity contribution is 0.925. The molecule has 0 aliphatic rings. The average Bonchev–Trinajstić information content (AvgIpc) is 3.82. The van der Waals surface area contributed by atoms with Gasteiger partial charge in [0.15, 0.2) is 0 Å². The van der Waals surface area contributed by atoms with Crippen LogP contribution in [0.25, 0.3) is 88.5 Å². The minimum absolute atomic E-state index is 0.445. The Kier molecular flexibility index (Phi) is 9.11. The molecule has 282 valence electrons. The van der Waals surface area contributed by atoms with Gasteiger partial charge in [-0.3, -0.25) is 9.55 Å². The lowest BCUT2D eigenvalue weighted by Crippen LogP contribution is -1.97. The fourth-order valence-corrected chi connectivity index (χ4v) is 8.38. The molecular weight excluding hydrogens is 719 g/mol. The van der Waals surface area contributed by atoms with E-state index in [1.165, 1.54) is 21.9 Å². The van der Waals surface area contributed by atoms with Crippen LogP contribution in [-0.2, 0) is 6.42 Å². The Hall–Kier alpha value is -7.63. The summed E-state index contributed by atoms with van der Waals surface area (Å²) < 4.78 is 2.29. The first kappa shape index (κ1) is 35.8. The third kappa shape index (κ3) is 6.63. The Balaban J connectivity index is 1.06. The van der Waals surface area contributed by atoms with Gasteiger partial charge >= 0.3 is 0 Å². The highest BCUT2D eigenvalue weighted by molar-refractivity contribution is 6.15. The molecule has 0 aliphatic heterocycles. The molecule has 4 heterocycles. The molecule has 2 N–H and O–H groups in total. The second kappa shape index (κ2) is 15.0. The highest BCUT2D eigenvalue weighted by Crippen LogP contribution is 2.40. The van der Waals surface area contributed by atoms with Gasteiger partial charge in [-0.1, -0.05) is 123 Å². The van der Waals surface area contributed by atoms with E-state index in [-0.39, 0.29) is 0 Å². The molecule has 0 radical (unpaired) electrons. The minimum atomic E-state index is 0.445. The van der Waals surface area contributed by atoms with E-state index in [0.717, 1.165) is 96.1 Å². The molecule has 5 heteroatoms. The number of hydrogen-bond donors (Lipinski definition) is 2. The van der Waals surface area contributed by atoms with E-state index < -0.39 is 0 Å². The molecular formula is C54H41N5. The maximum Gasteiger partial charge on any atom is 0.137 e. The molecule has 0 spiro atoms. The van der Waals surface area contributed by atoms with E-state index in [1.807, 2.05) is 79.1 Å². The number of allylic oxidation sites excluding steroid dienone is 3. The molecule has 10 aromatic rings.